The largest absolute Gasteiger partial charge is 0.453 e. The highest BCUT2D eigenvalue weighted by molar-refractivity contribution is 7.88. The first kappa shape index (κ1) is 15.6. The normalized spacial score (nSPS) is 28.0. The molecule has 0 aromatic rings. The van der Waals surface area contributed by atoms with E-state index in [1.807, 2.05) is 0 Å². The third-order valence-corrected chi connectivity index (χ3v) is 5.70. The molecule has 0 spiro atoms. The number of rotatable bonds is 4. The van der Waals surface area contributed by atoms with Crippen LogP contribution in [0.5, 0.6) is 0 Å². The molecule has 0 aromatic heterocycles. The molecular formula is C13H24N2O4S. The van der Waals surface area contributed by atoms with Crippen LogP contribution < -0.4 is 0 Å². The van der Waals surface area contributed by atoms with Gasteiger partial charge >= 0.3 is 6.09 Å². The number of carbonyl (C=O) groups excluding carboxylic acids is 1. The summed E-state index contributed by atoms with van der Waals surface area (Å²) in [6.45, 7) is 1.38. The summed E-state index contributed by atoms with van der Waals surface area (Å²) in [5, 5.41) is 0. The average molecular weight is 304 g/mol. The van der Waals surface area contributed by atoms with Gasteiger partial charge in [-0.1, -0.05) is 0 Å². The molecule has 0 radical (unpaired) electrons. The molecule has 6 nitrogen and oxygen atoms in total. The number of likely N-dealkylation sites (tertiary alicyclic amines) is 1. The minimum atomic E-state index is -3.10. The van der Waals surface area contributed by atoms with Gasteiger partial charge in [0, 0.05) is 25.2 Å². The number of methoxy groups -OCH3 is 1. The molecule has 7 heteroatoms. The molecule has 2 heterocycles. The molecule has 2 atom stereocenters. The van der Waals surface area contributed by atoms with Gasteiger partial charge in [-0.05, 0) is 38.5 Å². The highest BCUT2D eigenvalue weighted by Gasteiger charge is 2.34. The number of hydrogen-bond donors (Lipinski definition) is 0. The Bertz CT molecular complexity index is 451. The lowest BCUT2D eigenvalue weighted by atomic mass is 10.0. The lowest BCUT2D eigenvalue weighted by molar-refractivity contribution is 0.115. The van der Waals surface area contributed by atoms with E-state index in [1.165, 1.54) is 13.4 Å². The van der Waals surface area contributed by atoms with Crippen molar-refractivity contribution in [2.75, 3.05) is 26.5 Å². The van der Waals surface area contributed by atoms with E-state index in [1.54, 1.807) is 9.21 Å². The molecule has 0 aromatic carbocycles. The summed E-state index contributed by atoms with van der Waals surface area (Å²) in [5.41, 5.74) is 0. The summed E-state index contributed by atoms with van der Waals surface area (Å²) in [4.78, 5) is 13.4. The maximum absolute atomic E-state index is 11.7. The number of amides is 1. The van der Waals surface area contributed by atoms with Crippen molar-refractivity contribution < 1.29 is 17.9 Å². The van der Waals surface area contributed by atoms with E-state index in [0.717, 1.165) is 45.1 Å². The second-order valence-corrected chi connectivity index (χ2v) is 7.64. The van der Waals surface area contributed by atoms with Gasteiger partial charge < -0.3 is 9.64 Å². The zero-order chi connectivity index (χ0) is 14.8. The number of hydrogen-bond acceptors (Lipinski definition) is 4. The van der Waals surface area contributed by atoms with E-state index >= 15 is 0 Å². The molecule has 2 saturated heterocycles. The van der Waals surface area contributed by atoms with Gasteiger partial charge in [0.2, 0.25) is 10.0 Å². The SMILES string of the molecule is COC(=O)N1CCCC1CCC1CCCN1S(C)(=O)=O. The Morgan fingerprint density at radius 1 is 1.15 bits per heavy atom. The highest BCUT2D eigenvalue weighted by Crippen LogP contribution is 2.28. The van der Waals surface area contributed by atoms with Crippen molar-refractivity contribution in [2.24, 2.45) is 0 Å². The topological polar surface area (TPSA) is 66.9 Å². The van der Waals surface area contributed by atoms with Crippen LogP contribution in [0.4, 0.5) is 4.79 Å². The zero-order valence-electron chi connectivity index (χ0n) is 12.2. The van der Waals surface area contributed by atoms with Gasteiger partial charge in [-0.25, -0.2) is 13.2 Å². The molecule has 116 valence electrons. The van der Waals surface area contributed by atoms with Crippen molar-refractivity contribution in [2.45, 2.75) is 50.6 Å². The number of carbonyl (C=O) groups is 1. The fourth-order valence-electron chi connectivity index (χ4n) is 3.41. The summed E-state index contributed by atoms with van der Waals surface area (Å²) >= 11 is 0. The second-order valence-electron chi connectivity index (χ2n) is 5.71. The van der Waals surface area contributed by atoms with Crippen LogP contribution in [0.3, 0.4) is 0 Å². The Labute approximate surface area is 121 Å². The Morgan fingerprint density at radius 2 is 1.75 bits per heavy atom. The molecule has 0 saturated carbocycles. The van der Waals surface area contributed by atoms with Crippen molar-refractivity contribution in [1.82, 2.24) is 9.21 Å². The van der Waals surface area contributed by atoms with Crippen LogP contribution in [0.25, 0.3) is 0 Å². The molecule has 2 unspecified atom stereocenters. The number of nitrogens with zero attached hydrogens (tertiary/aromatic N) is 2. The van der Waals surface area contributed by atoms with Crippen LogP contribution in [-0.4, -0.2) is 62.3 Å². The van der Waals surface area contributed by atoms with Crippen molar-refractivity contribution in [3.8, 4) is 0 Å². The van der Waals surface area contributed by atoms with E-state index < -0.39 is 10.0 Å². The number of ether oxygens (including phenoxy) is 1. The Morgan fingerprint density at radius 3 is 2.40 bits per heavy atom. The first-order valence-electron chi connectivity index (χ1n) is 7.25. The van der Waals surface area contributed by atoms with Crippen molar-refractivity contribution in [3.05, 3.63) is 0 Å². The Hall–Kier alpha value is -0.820. The van der Waals surface area contributed by atoms with Crippen LogP contribution in [0.2, 0.25) is 0 Å². The van der Waals surface area contributed by atoms with E-state index in [-0.39, 0.29) is 18.2 Å². The molecule has 0 N–H and O–H groups in total. The second kappa shape index (κ2) is 6.30. The maximum Gasteiger partial charge on any atom is 0.409 e. The first-order chi connectivity index (χ1) is 9.43. The van der Waals surface area contributed by atoms with Crippen LogP contribution in [0, 0.1) is 0 Å². The summed E-state index contributed by atoms with van der Waals surface area (Å²) in [7, 11) is -1.70. The van der Waals surface area contributed by atoms with Crippen LogP contribution in [0.1, 0.15) is 38.5 Å². The molecule has 0 aliphatic carbocycles. The van der Waals surface area contributed by atoms with E-state index in [2.05, 4.69) is 0 Å². The minimum Gasteiger partial charge on any atom is -0.453 e. The Kier molecular flexibility index (Phi) is 4.90. The Balaban J connectivity index is 1.90. The van der Waals surface area contributed by atoms with Crippen molar-refractivity contribution in [3.63, 3.8) is 0 Å². The fourth-order valence-corrected chi connectivity index (χ4v) is 4.63. The zero-order valence-corrected chi connectivity index (χ0v) is 13.1. The third kappa shape index (κ3) is 3.44. The van der Waals surface area contributed by atoms with Gasteiger partial charge in [0.25, 0.3) is 0 Å². The fraction of sp³-hybridized carbons (Fsp3) is 0.923. The molecule has 2 fully saturated rings. The summed E-state index contributed by atoms with van der Waals surface area (Å²) in [6, 6.07) is 0.301. The monoisotopic (exact) mass is 304 g/mol. The van der Waals surface area contributed by atoms with Gasteiger partial charge in [0.1, 0.15) is 0 Å². The third-order valence-electron chi connectivity index (χ3n) is 4.37. The molecular weight excluding hydrogens is 280 g/mol. The summed E-state index contributed by atoms with van der Waals surface area (Å²) < 4.78 is 29.8. The molecule has 20 heavy (non-hydrogen) atoms. The molecule has 2 rings (SSSR count). The van der Waals surface area contributed by atoms with Crippen molar-refractivity contribution >= 4 is 16.1 Å². The highest BCUT2D eigenvalue weighted by atomic mass is 32.2. The molecule has 1 amide bonds. The average Bonchev–Trinajstić information content (AvgIpc) is 3.03. The molecule has 0 bridgehead atoms. The predicted octanol–water partition coefficient (Wildman–Crippen LogP) is 1.42. The van der Waals surface area contributed by atoms with Crippen LogP contribution in [-0.2, 0) is 14.8 Å². The predicted molar refractivity (Wildman–Crippen MR) is 75.9 cm³/mol. The number of sulfonamides is 1. The van der Waals surface area contributed by atoms with Gasteiger partial charge in [0.15, 0.2) is 0 Å². The standard InChI is InChI=1S/C13H24N2O4S/c1-19-13(16)14-9-3-5-11(14)7-8-12-6-4-10-15(12)20(2,17)18/h11-12H,3-10H2,1-2H3. The first-order valence-corrected chi connectivity index (χ1v) is 9.09. The van der Waals surface area contributed by atoms with Gasteiger partial charge in [-0.2, -0.15) is 4.31 Å². The maximum atomic E-state index is 11.7. The quantitative estimate of drug-likeness (QED) is 0.788. The lowest BCUT2D eigenvalue weighted by Crippen LogP contribution is -2.38. The van der Waals surface area contributed by atoms with Crippen molar-refractivity contribution in [1.29, 1.82) is 0 Å². The molecule has 2 aliphatic heterocycles. The van der Waals surface area contributed by atoms with E-state index in [0.29, 0.717) is 6.54 Å². The summed E-state index contributed by atoms with van der Waals surface area (Å²) in [5.74, 6) is 0. The van der Waals surface area contributed by atoms with E-state index in [9.17, 15) is 13.2 Å². The summed E-state index contributed by atoms with van der Waals surface area (Å²) in [6.07, 6.45) is 6.54. The van der Waals surface area contributed by atoms with Crippen LogP contribution >= 0.6 is 0 Å². The lowest BCUT2D eigenvalue weighted by Gasteiger charge is -2.27. The smallest absolute Gasteiger partial charge is 0.409 e. The van der Waals surface area contributed by atoms with Gasteiger partial charge in [-0.15, -0.1) is 0 Å². The van der Waals surface area contributed by atoms with Gasteiger partial charge in [-0.3, -0.25) is 0 Å². The molecule has 2 aliphatic rings. The van der Waals surface area contributed by atoms with Crippen LogP contribution in [0.15, 0.2) is 0 Å². The van der Waals surface area contributed by atoms with E-state index in [4.69, 9.17) is 4.74 Å². The minimum absolute atomic E-state index is 0.102. The van der Waals surface area contributed by atoms with Gasteiger partial charge in [0.05, 0.1) is 13.4 Å².